The molecule has 0 aliphatic carbocycles. The zero-order valence-corrected chi connectivity index (χ0v) is 8.72. The molecule has 5 heteroatoms. The molecule has 0 unspecified atom stereocenters. The van der Waals surface area contributed by atoms with Gasteiger partial charge in [0.2, 0.25) is 0 Å². The Bertz CT molecular complexity index is 355. The second kappa shape index (κ2) is 4.64. The van der Waals surface area contributed by atoms with Crippen molar-refractivity contribution < 1.29 is 9.90 Å². The lowest BCUT2D eigenvalue weighted by Gasteiger charge is -2.06. The Labute approximate surface area is 91.4 Å². The maximum absolute atomic E-state index is 10.5. The Balaban J connectivity index is 2.78. The molecule has 0 radical (unpaired) electrons. The van der Waals surface area contributed by atoms with E-state index in [-0.39, 0.29) is 6.42 Å². The van der Waals surface area contributed by atoms with Crippen LogP contribution in [0.25, 0.3) is 0 Å². The number of carboxylic acids is 1. The van der Waals surface area contributed by atoms with Crippen LogP contribution in [-0.2, 0) is 11.2 Å². The van der Waals surface area contributed by atoms with E-state index in [9.17, 15) is 4.79 Å². The van der Waals surface area contributed by atoms with Crippen LogP contribution in [0, 0.1) is 0 Å². The first kappa shape index (κ1) is 11.3. The first-order chi connectivity index (χ1) is 6.50. The van der Waals surface area contributed by atoms with Gasteiger partial charge in [0.1, 0.15) is 6.04 Å². The number of carbonyl (C=O) groups is 1. The highest BCUT2D eigenvalue weighted by molar-refractivity contribution is 6.42. The zero-order chi connectivity index (χ0) is 10.7. The molecular weight excluding hydrogens is 225 g/mol. The predicted molar refractivity (Wildman–Crippen MR) is 55.8 cm³/mol. The van der Waals surface area contributed by atoms with Crippen LogP contribution in [0.1, 0.15) is 5.56 Å². The van der Waals surface area contributed by atoms with Crippen molar-refractivity contribution in [2.75, 3.05) is 0 Å². The molecule has 0 saturated carbocycles. The maximum atomic E-state index is 10.5. The van der Waals surface area contributed by atoms with Gasteiger partial charge in [-0.3, -0.25) is 4.79 Å². The van der Waals surface area contributed by atoms with E-state index in [1.54, 1.807) is 18.2 Å². The first-order valence-corrected chi connectivity index (χ1v) is 4.68. The summed E-state index contributed by atoms with van der Waals surface area (Å²) in [6.45, 7) is 0. The van der Waals surface area contributed by atoms with Crippen LogP contribution in [0.2, 0.25) is 10.0 Å². The molecular formula is C9H9Cl2NO2. The summed E-state index contributed by atoms with van der Waals surface area (Å²) in [5.41, 5.74) is 6.12. The van der Waals surface area contributed by atoms with E-state index in [4.69, 9.17) is 34.0 Å². The summed E-state index contributed by atoms with van der Waals surface area (Å²) >= 11 is 11.5. The fraction of sp³-hybridized carbons (Fsp3) is 0.222. The minimum atomic E-state index is -1.03. The lowest BCUT2D eigenvalue weighted by Crippen LogP contribution is -2.32. The third kappa shape index (κ3) is 2.87. The van der Waals surface area contributed by atoms with Gasteiger partial charge in [-0.1, -0.05) is 29.3 Å². The molecule has 3 N–H and O–H groups in total. The van der Waals surface area contributed by atoms with E-state index >= 15 is 0 Å². The van der Waals surface area contributed by atoms with Gasteiger partial charge in [-0.2, -0.15) is 0 Å². The summed E-state index contributed by atoms with van der Waals surface area (Å²) in [7, 11) is 0. The van der Waals surface area contributed by atoms with Crippen LogP contribution in [0.5, 0.6) is 0 Å². The summed E-state index contributed by atoms with van der Waals surface area (Å²) in [6, 6.07) is 4.03. The fourth-order valence-electron chi connectivity index (χ4n) is 1.01. The number of aliphatic carboxylic acids is 1. The van der Waals surface area contributed by atoms with Crippen molar-refractivity contribution in [2.24, 2.45) is 5.73 Å². The van der Waals surface area contributed by atoms with Gasteiger partial charge in [0.25, 0.3) is 0 Å². The Kier molecular flexibility index (Phi) is 3.75. The van der Waals surface area contributed by atoms with Crippen LogP contribution < -0.4 is 5.73 Å². The van der Waals surface area contributed by atoms with E-state index in [0.29, 0.717) is 10.0 Å². The number of hydrogen-bond donors (Lipinski definition) is 2. The summed E-state index contributed by atoms with van der Waals surface area (Å²) in [5.74, 6) is -1.03. The molecule has 1 aromatic rings. The van der Waals surface area contributed by atoms with Gasteiger partial charge in [0, 0.05) is 0 Å². The van der Waals surface area contributed by atoms with Crippen molar-refractivity contribution in [3.05, 3.63) is 33.8 Å². The standard InChI is InChI=1S/C9H9Cl2NO2/c10-6-2-1-5(3-7(6)11)4-8(12)9(13)14/h1-3,8H,4,12H2,(H,13,14)/t8-/m1/s1. The zero-order valence-electron chi connectivity index (χ0n) is 7.21. The minimum absolute atomic E-state index is 0.242. The average Bonchev–Trinajstić information content (AvgIpc) is 2.11. The number of carboxylic acid groups (broad SMARTS) is 1. The van der Waals surface area contributed by atoms with Crippen LogP contribution in [-0.4, -0.2) is 17.1 Å². The van der Waals surface area contributed by atoms with Crippen molar-refractivity contribution >= 4 is 29.2 Å². The van der Waals surface area contributed by atoms with E-state index in [2.05, 4.69) is 0 Å². The molecule has 14 heavy (non-hydrogen) atoms. The number of hydrogen-bond acceptors (Lipinski definition) is 2. The SMILES string of the molecule is N[C@H](Cc1ccc(Cl)c(Cl)c1)C(=O)O. The molecule has 1 atom stereocenters. The number of rotatable bonds is 3. The smallest absolute Gasteiger partial charge is 0.320 e. The maximum Gasteiger partial charge on any atom is 0.320 e. The number of benzene rings is 1. The van der Waals surface area contributed by atoms with Gasteiger partial charge in [-0.25, -0.2) is 0 Å². The van der Waals surface area contributed by atoms with Gasteiger partial charge in [0.05, 0.1) is 10.0 Å². The van der Waals surface area contributed by atoms with Crippen LogP contribution in [0.15, 0.2) is 18.2 Å². The fourth-order valence-corrected chi connectivity index (χ4v) is 1.33. The summed E-state index contributed by atoms with van der Waals surface area (Å²) in [5, 5.41) is 9.43. The van der Waals surface area contributed by atoms with Gasteiger partial charge in [0.15, 0.2) is 0 Å². The van der Waals surface area contributed by atoms with Crippen molar-refractivity contribution in [3.63, 3.8) is 0 Å². The highest BCUT2D eigenvalue weighted by atomic mass is 35.5. The van der Waals surface area contributed by atoms with E-state index in [1.807, 2.05) is 0 Å². The Hall–Kier alpha value is -0.770. The number of nitrogens with two attached hydrogens (primary N) is 1. The third-order valence-corrected chi connectivity index (χ3v) is 2.50. The molecule has 0 saturated heterocycles. The summed E-state index contributed by atoms with van der Waals surface area (Å²) in [4.78, 5) is 10.5. The largest absolute Gasteiger partial charge is 0.480 e. The predicted octanol–water partition coefficient (Wildman–Crippen LogP) is 1.95. The second-order valence-electron chi connectivity index (χ2n) is 2.90. The Morgan fingerprint density at radius 2 is 2.07 bits per heavy atom. The van der Waals surface area contributed by atoms with Gasteiger partial charge < -0.3 is 10.8 Å². The molecule has 1 rings (SSSR count). The third-order valence-electron chi connectivity index (χ3n) is 1.76. The molecule has 0 fully saturated rings. The molecule has 0 aromatic heterocycles. The number of halogens is 2. The summed E-state index contributed by atoms with van der Waals surface area (Å²) < 4.78 is 0. The molecule has 0 heterocycles. The average molecular weight is 234 g/mol. The van der Waals surface area contributed by atoms with Crippen molar-refractivity contribution in [1.29, 1.82) is 0 Å². The van der Waals surface area contributed by atoms with Crippen molar-refractivity contribution in [2.45, 2.75) is 12.5 Å². The minimum Gasteiger partial charge on any atom is -0.480 e. The molecule has 3 nitrogen and oxygen atoms in total. The van der Waals surface area contributed by atoms with E-state index < -0.39 is 12.0 Å². The monoisotopic (exact) mass is 233 g/mol. The highest BCUT2D eigenvalue weighted by Gasteiger charge is 2.12. The van der Waals surface area contributed by atoms with Gasteiger partial charge >= 0.3 is 5.97 Å². The van der Waals surface area contributed by atoms with E-state index in [0.717, 1.165) is 5.56 Å². The topological polar surface area (TPSA) is 63.3 Å². The Morgan fingerprint density at radius 1 is 1.43 bits per heavy atom. The van der Waals surface area contributed by atoms with Crippen molar-refractivity contribution in [1.82, 2.24) is 0 Å². The quantitative estimate of drug-likeness (QED) is 0.839. The molecule has 0 aliphatic heterocycles. The first-order valence-electron chi connectivity index (χ1n) is 3.93. The normalized spacial score (nSPS) is 12.5. The van der Waals surface area contributed by atoms with E-state index in [1.165, 1.54) is 0 Å². The van der Waals surface area contributed by atoms with Crippen molar-refractivity contribution in [3.8, 4) is 0 Å². The molecule has 0 aliphatic rings. The van der Waals surface area contributed by atoms with Crippen LogP contribution in [0.4, 0.5) is 0 Å². The van der Waals surface area contributed by atoms with Crippen LogP contribution >= 0.6 is 23.2 Å². The van der Waals surface area contributed by atoms with Crippen LogP contribution in [0.3, 0.4) is 0 Å². The van der Waals surface area contributed by atoms with Gasteiger partial charge in [-0.05, 0) is 24.1 Å². The van der Waals surface area contributed by atoms with Gasteiger partial charge in [-0.15, -0.1) is 0 Å². The Morgan fingerprint density at radius 3 is 2.57 bits per heavy atom. The summed E-state index contributed by atoms with van der Waals surface area (Å²) in [6.07, 6.45) is 0.242. The lowest BCUT2D eigenvalue weighted by molar-refractivity contribution is -0.138. The molecule has 0 amide bonds. The second-order valence-corrected chi connectivity index (χ2v) is 3.71. The molecule has 0 spiro atoms. The molecule has 1 aromatic carbocycles. The highest BCUT2D eigenvalue weighted by Crippen LogP contribution is 2.22. The molecule has 0 bridgehead atoms. The lowest BCUT2D eigenvalue weighted by atomic mass is 10.1. The molecule has 76 valence electrons.